The molecule has 0 saturated heterocycles. The van der Waals surface area contributed by atoms with Crippen LogP contribution in [0.25, 0.3) is 6.08 Å². The van der Waals surface area contributed by atoms with E-state index in [2.05, 4.69) is 4.98 Å². The zero-order valence-corrected chi connectivity index (χ0v) is 11.8. The predicted molar refractivity (Wildman–Crippen MR) is 76.3 cm³/mol. The van der Waals surface area contributed by atoms with E-state index in [1.54, 1.807) is 17.8 Å². The van der Waals surface area contributed by atoms with E-state index in [-0.39, 0.29) is 16.8 Å². The fraction of sp³-hybridized carbons (Fsp3) is 0.250. The number of aromatic nitrogens is 1. The Morgan fingerprint density at radius 2 is 2.10 bits per heavy atom. The molecule has 2 aromatic rings. The highest BCUT2D eigenvalue weighted by molar-refractivity contribution is 7.10. The molecule has 0 radical (unpaired) electrons. The molecule has 0 aliphatic heterocycles. The Labute approximate surface area is 124 Å². The molecule has 2 aliphatic rings. The number of carbonyl (C=O) groups is 1. The molecule has 4 rings (SSSR count). The number of hydrogen-bond acceptors (Lipinski definition) is 3. The van der Waals surface area contributed by atoms with E-state index in [1.807, 2.05) is 0 Å². The van der Waals surface area contributed by atoms with Crippen LogP contribution in [0.1, 0.15) is 40.1 Å². The number of carbonyl (C=O) groups excluding carboxylic acids is 1. The quantitative estimate of drug-likeness (QED) is 0.742. The lowest BCUT2D eigenvalue weighted by Crippen LogP contribution is -2.25. The van der Waals surface area contributed by atoms with Crippen LogP contribution in [0, 0.1) is 11.6 Å². The van der Waals surface area contributed by atoms with Gasteiger partial charge >= 0.3 is 0 Å². The molecule has 106 valence electrons. The molecular formula is C16H11F2NOS. The van der Waals surface area contributed by atoms with Crippen LogP contribution in [0.15, 0.2) is 29.4 Å². The Balaban J connectivity index is 1.89. The van der Waals surface area contributed by atoms with Gasteiger partial charge in [-0.05, 0) is 37.0 Å². The number of benzene rings is 1. The van der Waals surface area contributed by atoms with Crippen molar-refractivity contribution in [3.05, 3.63) is 57.1 Å². The topological polar surface area (TPSA) is 30.0 Å². The summed E-state index contributed by atoms with van der Waals surface area (Å²) < 4.78 is 27.6. The molecule has 0 atom stereocenters. The van der Waals surface area contributed by atoms with E-state index in [9.17, 15) is 13.6 Å². The van der Waals surface area contributed by atoms with E-state index < -0.39 is 11.6 Å². The maximum absolute atomic E-state index is 14.1. The van der Waals surface area contributed by atoms with Crippen molar-refractivity contribution in [2.24, 2.45) is 0 Å². The lowest BCUT2D eigenvalue weighted by Gasteiger charge is -2.26. The number of allylic oxidation sites excluding steroid dienone is 1. The molecule has 1 aromatic carbocycles. The van der Waals surface area contributed by atoms with Gasteiger partial charge in [0.05, 0.1) is 11.1 Å². The van der Waals surface area contributed by atoms with Gasteiger partial charge in [-0.15, -0.1) is 11.3 Å². The Kier molecular flexibility index (Phi) is 2.63. The minimum atomic E-state index is -0.754. The number of rotatable bonds is 1. The van der Waals surface area contributed by atoms with Crippen molar-refractivity contribution in [1.82, 2.24) is 4.98 Å². The van der Waals surface area contributed by atoms with Gasteiger partial charge in [0.25, 0.3) is 0 Å². The van der Waals surface area contributed by atoms with Crippen molar-refractivity contribution >= 4 is 23.2 Å². The van der Waals surface area contributed by atoms with Crippen molar-refractivity contribution in [1.29, 1.82) is 0 Å². The minimum absolute atomic E-state index is 0.0518. The first-order valence-electron chi connectivity index (χ1n) is 6.72. The molecule has 2 nitrogen and oxygen atoms in total. The Morgan fingerprint density at radius 1 is 1.29 bits per heavy atom. The Bertz CT molecular complexity index is 776. The third-order valence-corrected chi connectivity index (χ3v) is 5.02. The van der Waals surface area contributed by atoms with Crippen molar-refractivity contribution < 1.29 is 13.6 Å². The number of nitrogens with zero attached hydrogens (tertiary/aromatic N) is 1. The van der Waals surface area contributed by atoms with E-state index >= 15 is 0 Å². The van der Waals surface area contributed by atoms with Crippen LogP contribution >= 0.6 is 11.3 Å². The molecule has 0 N–H and O–H groups in total. The summed E-state index contributed by atoms with van der Waals surface area (Å²) in [7, 11) is 0. The molecule has 2 aliphatic carbocycles. The summed E-state index contributed by atoms with van der Waals surface area (Å²) in [5, 5.41) is 0. The number of Topliss-reactive ketones (excluding diaryl/α,β-unsaturated/α-hetero) is 1. The molecular weight excluding hydrogens is 292 g/mol. The first-order chi connectivity index (χ1) is 10.1. The number of fused-ring (bicyclic) bond motifs is 2. The molecule has 5 heteroatoms. The first-order valence-corrected chi connectivity index (χ1v) is 7.60. The number of ketones is 1. The van der Waals surface area contributed by atoms with E-state index in [0.29, 0.717) is 17.6 Å². The van der Waals surface area contributed by atoms with Gasteiger partial charge in [-0.1, -0.05) is 0 Å². The van der Waals surface area contributed by atoms with Gasteiger partial charge in [0.2, 0.25) is 0 Å². The van der Waals surface area contributed by atoms with E-state index in [1.165, 1.54) is 17.4 Å². The Morgan fingerprint density at radius 3 is 2.76 bits per heavy atom. The summed E-state index contributed by atoms with van der Waals surface area (Å²) in [5.41, 5.74) is 2.64. The molecule has 0 unspecified atom stereocenters. The molecule has 1 heterocycles. The highest BCUT2D eigenvalue weighted by atomic mass is 32.1. The van der Waals surface area contributed by atoms with Gasteiger partial charge in [-0.3, -0.25) is 9.78 Å². The average molecular weight is 303 g/mol. The fourth-order valence-corrected chi connectivity index (χ4v) is 3.68. The third-order valence-electron chi connectivity index (χ3n) is 4.30. The van der Waals surface area contributed by atoms with E-state index in [4.69, 9.17) is 0 Å². The summed E-state index contributed by atoms with van der Waals surface area (Å²) in [4.78, 5) is 17.4. The van der Waals surface area contributed by atoms with Crippen LogP contribution in [-0.4, -0.2) is 10.8 Å². The molecule has 1 aromatic heterocycles. The second kappa shape index (κ2) is 4.31. The molecule has 1 spiro atoms. The molecule has 1 fully saturated rings. The second-order valence-electron chi connectivity index (χ2n) is 5.67. The fourth-order valence-electron chi connectivity index (χ4n) is 3.11. The number of halogens is 2. The van der Waals surface area contributed by atoms with Crippen LogP contribution in [0.2, 0.25) is 0 Å². The zero-order chi connectivity index (χ0) is 14.6. The number of hydrogen-bond donors (Lipinski definition) is 0. The monoisotopic (exact) mass is 303 g/mol. The van der Waals surface area contributed by atoms with Crippen LogP contribution in [0.4, 0.5) is 8.78 Å². The average Bonchev–Trinajstić information content (AvgIpc) is 3.01. The normalized spacial score (nSPS) is 20.9. The van der Waals surface area contributed by atoms with Crippen LogP contribution in [0.3, 0.4) is 0 Å². The molecule has 0 bridgehead atoms. The largest absolute Gasteiger partial charge is 0.289 e. The predicted octanol–water partition coefficient (Wildman–Crippen LogP) is 4.12. The third kappa shape index (κ3) is 1.95. The lowest BCUT2D eigenvalue weighted by atomic mass is 9.76. The summed E-state index contributed by atoms with van der Waals surface area (Å²) in [6.45, 7) is 0. The van der Waals surface area contributed by atoms with Gasteiger partial charge in [0.1, 0.15) is 11.6 Å². The van der Waals surface area contributed by atoms with Crippen LogP contribution in [0.5, 0.6) is 0 Å². The molecule has 1 saturated carbocycles. The van der Waals surface area contributed by atoms with Crippen molar-refractivity contribution in [2.45, 2.75) is 24.7 Å². The molecule has 0 amide bonds. The van der Waals surface area contributed by atoms with Gasteiger partial charge in [0.15, 0.2) is 5.78 Å². The summed E-state index contributed by atoms with van der Waals surface area (Å²) in [6, 6.07) is 2.12. The summed E-state index contributed by atoms with van der Waals surface area (Å²) in [5.74, 6) is -1.69. The lowest BCUT2D eigenvalue weighted by molar-refractivity contribution is 0.101. The first kappa shape index (κ1) is 12.8. The smallest absolute Gasteiger partial charge is 0.192 e. The minimum Gasteiger partial charge on any atom is -0.289 e. The van der Waals surface area contributed by atoms with Gasteiger partial charge in [-0.25, -0.2) is 8.78 Å². The second-order valence-corrected chi connectivity index (χ2v) is 6.59. The maximum atomic E-state index is 14.1. The van der Waals surface area contributed by atoms with Crippen LogP contribution in [-0.2, 0) is 5.41 Å². The zero-order valence-electron chi connectivity index (χ0n) is 11.0. The number of thiazole rings is 1. The van der Waals surface area contributed by atoms with Crippen molar-refractivity contribution in [2.75, 3.05) is 0 Å². The van der Waals surface area contributed by atoms with Gasteiger partial charge in [-0.2, -0.15) is 0 Å². The highest BCUT2D eigenvalue weighted by Gasteiger charge is 2.51. The SMILES string of the molecule is O=C1/C(=C/c2cncs2)CC2(CC2)c2cc(F)cc(F)c21. The highest BCUT2D eigenvalue weighted by Crippen LogP contribution is 2.57. The summed E-state index contributed by atoms with van der Waals surface area (Å²) in [6.07, 6.45) is 5.76. The Hall–Kier alpha value is -1.88. The van der Waals surface area contributed by atoms with E-state index in [0.717, 1.165) is 23.8 Å². The van der Waals surface area contributed by atoms with Crippen molar-refractivity contribution in [3.8, 4) is 0 Å². The van der Waals surface area contributed by atoms with Gasteiger partial charge in [0, 0.05) is 28.1 Å². The van der Waals surface area contributed by atoms with Crippen molar-refractivity contribution in [3.63, 3.8) is 0 Å². The standard InChI is InChI=1S/C16H11F2NOS/c17-10-4-12-14(13(18)5-10)15(20)9(6-16(12)1-2-16)3-11-7-19-8-21-11/h3-5,7-8H,1-2,6H2/b9-3+. The molecule has 21 heavy (non-hydrogen) atoms. The van der Waals surface area contributed by atoms with Gasteiger partial charge < -0.3 is 0 Å². The van der Waals surface area contributed by atoms with Crippen LogP contribution < -0.4 is 0 Å². The maximum Gasteiger partial charge on any atom is 0.192 e. The summed E-state index contributed by atoms with van der Waals surface area (Å²) >= 11 is 1.43.